The molecule has 1 aromatic heterocycles. The van der Waals surface area contributed by atoms with Gasteiger partial charge in [-0.1, -0.05) is 6.42 Å². The maximum absolute atomic E-state index is 11.9. The molecule has 1 aromatic rings. The number of rotatable bonds is 3. The average molecular weight is 344 g/mol. The van der Waals surface area contributed by atoms with Gasteiger partial charge < -0.3 is 19.2 Å². The van der Waals surface area contributed by atoms with Crippen molar-refractivity contribution in [1.82, 2.24) is 5.32 Å². The van der Waals surface area contributed by atoms with Crippen LogP contribution in [0.2, 0.25) is 0 Å². The number of carbonyl (C=O) groups excluding carboxylic acids is 1. The fourth-order valence-electron chi connectivity index (χ4n) is 2.80. The van der Waals surface area contributed by atoms with Crippen molar-refractivity contribution >= 4 is 21.8 Å². The Hall–Kier alpha value is -0.850. The lowest BCUT2D eigenvalue weighted by Gasteiger charge is -2.31. The van der Waals surface area contributed by atoms with Gasteiger partial charge in [0.1, 0.15) is 6.10 Å². The van der Waals surface area contributed by atoms with Gasteiger partial charge in [0.15, 0.2) is 16.2 Å². The fourth-order valence-corrected chi connectivity index (χ4v) is 3.11. The molecule has 2 fully saturated rings. The standard InChI is InChI=1S/C14H18BrNO4/c15-12-5-4-11(19-12)13(17)16-8-10-9-18-14(20-10)6-2-1-3-7-14/h4-5,10H,1-3,6-9H2,(H,16,17). The van der Waals surface area contributed by atoms with E-state index < -0.39 is 0 Å². The molecule has 1 amide bonds. The number of halogens is 1. The first-order chi connectivity index (χ1) is 9.67. The van der Waals surface area contributed by atoms with Crippen molar-refractivity contribution in [2.45, 2.75) is 44.0 Å². The second kappa shape index (κ2) is 5.87. The molecule has 5 nitrogen and oxygen atoms in total. The number of ether oxygens (including phenoxy) is 2. The number of amides is 1. The van der Waals surface area contributed by atoms with Crippen molar-refractivity contribution < 1.29 is 18.7 Å². The molecular weight excluding hydrogens is 326 g/mol. The molecule has 6 heteroatoms. The van der Waals surface area contributed by atoms with Gasteiger partial charge in [-0.3, -0.25) is 4.79 Å². The van der Waals surface area contributed by atoms with Gasteiger partial charge in [0.25, 0.3) is 5.91 Å². The normalized spacial score (nSPS) is 24.9. The Labute approximate surface area is 126 Å². The second-order valence-corrected chi connectivity index (χ2v) is 6.12. The molecule has 1 aliphatic heterocycles. The van der Waals surface area contributed by atoms with E-state index in [2.05, 4.69) is 21.2 Å². The topological polar surface area (TPSA) is 60.7 Å². The number of nitrogens with one attached hydrogen (secondary N) is 1. The number of hydrogen-bond acceptors (Lipinski definition) is 4. The summed E-state index contributed by atoms with van der Waals surface area (Å²) in [7, 11) is 0. The number of carbonyl (C=O) groups is 1. The van der Waals surface area contributed by atoms with Crippen LogP contribution in [0.1, 0.15) is 42.7 Å². The van der Waals surface area contributed by atoms with E-state index in [1.807, 2.05) is 0 Å². The van der Waals surface area contributed by atoms with Crippen molar-refractivity contribution in [3.05, 3.63) is 22.6 Å². The zero-order chi connectivity index (χ0) is 14.0. The van der Waals surface area contributed by atoms with Crippen molar-refractivity contribution in [3.63, 3.8) is 0 Å². The van der Waals surface area contributed by atoms with E-state index in [4.69, 9.17) is 13.9 Å². The molecule has 1 aliphatic carbocycles. The first kappa shape index (κ1) is 14.1. The Morgan fingerprint density at radius 2 is 2.15 bits per heavy atom. The maximum Gasteiger partial charge on any atom is 0.287 e. The number of furan rings is 1. The van der Waals surface area contributed by atoms with Crippen molar-refractivity contribution in [2.75, 3.05) is 13.2 Å². The SMILES string of the molecule is O=C(NCC1COC2(CCCCC2)O1)c1ccc(Br)o1. The van der Waals surface area contributed by atoms with Crippen molar-refractivity contribution in [3.8, 4) is 0 Å². The van der Waals surface area contributed by atoms with Crippen molar-refractivity contribution in [2.24, 2.45) is 0 Å². The minimum absolute atomic E-state index is 0.0737. The van der Waals surface area contributed by atoms with Crippen LogP contribution in [0.15, 0.2) is 21.2 Å². The molecule has 2 heterocycles. The molecule has 110 valence electrons. The Morgan fingerprint density at radius 1 is 1.35 bits per heavy atom. The molecular formula is C14H18BrNO4. The first-order valence-electron chi connectivity index (χ1n) is 7.02. The molecule has 0 bridgehead atoms. The molecule has 1 unspecified atom stereocenters. The van der Waals surface area contributed by atoms with Gasteiger partial charge in [-0.2, -0.15) is 0 Å². The van der Waals surface area contributed by atoms with Crippen LogP contribution in [0.4, 0.5) is 0 Å². The second-order valence-electron chi connectivity index (χ2n) is 5.34. The summed E-state index contributed by atoms with van der Waals surface area (Å²) in [6.07, 6.45) is 5.41. The van der Waals surface area contributed by atoms with E-state index in [0.717, 1.165) is 25.7 Å². The largest absolute Gasteiger partial charge is 0.444 e. The molecule has 1 N–H and O–H groups in total. The quantitative estimate of drug-likeness (QED) is 0.916. The summed E-state index contributed by atoms with van der Waals surface area (Å²) in [4.78, 5) is 11.9. The third-order valence-electron chi connectivity index (χ3n) is 3.82. The molecule has 20 heavy (non-hydrogen) atoms. The van der Waals surface area contributed by atoms with Gasteiger partial charge in [0, 0.05) is 19.4 Å². The zero-order valence-corrected chi connectivity index (χ0v) is 12.8. The lowest BCUT2D eigenvalue weighted by Crippen LogP contribution is -2.37. The fraction of sp³-hybridized carbons (Fsp3) is 0.643. The molecule has 0 aromatic carbocycles. The van der Waals surface area contributed by atoms with Gasteiger partial charge >= 0.3 is 0 Å². The lowest BCUT2D eigenvalue weighted by molar-refractivity contribution is -0.186. The van der Waals surface area contributed by atoms with E-state index >= 15 is 0 Å². The van der Waals surface area contributed by atoms with Crippen LogP contribution in [0.5, 0.6) is 0 Å². The predicted molar refractivity (Wildman–Crippen MR) is 75.4 cm³/mol. The van der Waals surface area contributed by atoms with Gasteiger partial charge in [-0.25, -0.2) is 0 Å². The van der Waals surface area contributed by atoms with Crippen LogP contribution in [-0.2, 0) is 9.47 Å². The van der Waals surface area contributed by atoms with E-state index in [1.54, 1.807) is 12.1 Å². The highest BCUT2D eigenvalue weighted by molar-refractivity contribution is 9.10. The Morgan fingerprint density at radius 3 is 2.85 bits per heavy atom. The smallest absolute Gasteiger partial charge is 0.287 e. The minimum atomic E-state index is -0.388. The highest BCUT2D eigenvalue weighted by atomic mass is 79.9. The molecule has 0 radical (unpaired) electrons. The van der Waals surface area contributed by atoms with Gasteiger partial charge in [-0.15, -0.1) is 0 Å². The average Bonchev–Trinajstić information content (AvgIpc) is 3.05. The molecule has 1 spiro atoms. The summed E-state index contributed by atoms with van der Waals surface area (Å²) >= 11 is 3.17. The van der Waals surface area contributed by atoms with Gasteiger partial charge in [0.2, 0.25) is 0 Å². The van der Waals surface area contributed by atoms with Gasteiger partial charge in [0.05, 0.1) is 6.61 Å². The highest BCUT2D eigenvalue weighted by Gasteiger charge is 2.42. The highest BCUT2D eigenvalue weighted by Crippen LogP contribution is 2.37. The van der Waals surface area contributed by atoms with Crippen LogP contribution in [0.3, 0.4) is 0 Å². The minimum Gasteiger partial charge on any atom is -0.444 e. The summed E-state index contributed by atoms with van der Waals surface area (Å²) in [5.41, 5.74) is 0. The van der Waals surface area contributed by atoms with E-state index in [9.17, 15) is 4.79 Å². The molecule has 1 atom stereocenters. The van der Waals surface area contributed by atoms with E-state index in [1.165, 1.54) is 6.42 Å². The van der Waals surface area contributed by atoms with Crippen LogP contribution < -0.4 is 5.32 Å². The summed E-state index contributed by atoms with van der Waals surface area (Å²) in [6.45, 7) is 0.987. The predicted octanol–water partition coefficient (Wildman–Crippen LogP) is 2.85. The molecule has 3 rings (SSSR count). The Kier molecular flexibility index (Phi) is 4.14. The molecule has 2 aliphatic rings. The third kappa shape index (κ3) is 3.07. The third-order valence-corrected chi connectivity index (χ3v) is 4.24. The van der Waals surface area contributed by atoms with Gasteiger partial charge in [-0.05, 0) is 40.9 Å². The number of hydrogen-bond donors (Lipinski definition) is 1. The van der Waals surface area contributed by atoms with E-state index in [-0.39, 0.29) is 17.8 Å². The lowest BCUT2D eigenvalue weighted by atomic mass is 9.94. The zero-order valence-electron chi connectivity index (χ0n) is 11.2. The van der Waals surface area contributed by atoms with Crippen molar-refractivity contribution in [1.29, 1.82) is 0 Å². The van der Waals surface area contributed by atoms with Crippen LogP contribution in [-0.4, -0.2) is 30.9 Å². The summed E-state index contributed by atoms with van der Waals surface area (Å²) < 4.78 is 17.6. The van der Waals surface area contributed by atoms with Crippen LogP contribution in [0.25, 0.3) is 0 Å². The van der Waals surface area contributed by atoms with E-state index in [0.29, 0.717) is 23.6 Å². The molecule has 1 saturated heterocycles. The van der Waals surface area contributed by atoms with Crippen LogP contribution >= 0.6 is 15.9 Å². The summed E-state index contributed by atoms with van der Waals surface area (Å²) in [6, 6.07) is 3.33. The molecule has 1 saturated carbocycles. The Balaban J connectivity index is 1.49. The Bertz CT molecular complexity index is 481. The summed E-state index contributed by atoms with van der Waals surface area (Å²) in [5.74, 6) is -0.325. The summed E-state index contributed by atoms with van der Waals surface area (Å²) in [5, 5.41) is 2.82. The monoisotopic (exact) mass is 343 g/mol. The first-order valence-corrected chi connectivity index (χ1v) is 7.81. The van der Waals surface area contributed by atoms with Crippen LogP contribution in [0, 0.1) is 0 Å². The maximum atomic E-state index is 11.9.